The summed E-state index contributed by atoms with van der Waals surface area (Å²) >= 11 is 3.54. The summed E-state index contributed by atoms with van der Waals surface area (Å²) in [5.41, 5.74) is 1.25. The standard InChI is InChI=1S/C15H23BrN2O/c1-3-18(11-14-5-4-8-17-14)10-12-9-13(16)6-7-15(12)19-2/h6-7,9,14,17H,3-5,8,10-11H2,1-2H3. The Bertz CT molecular complexity index is 405. The smallest absolute Gasteiger partial charge is 0.123 e. The van der Waals surface area contributed by atoms with E-state index in [2.05, 4.69) is 39.1 Å². The molecule has 1 aromatic carbocycles. The fourth-order valence-corrected chi connectivity index (χ4v) is 3.05. The van der Waals surface area contributed by atoms with E-state index in [-0.39, 0.29) is 0 Å². The average Bonchev–Trinajstić information content (AvgIpc) is 2.91. The average molecular weight is 327 g/mol. The molecule has 1 heterocycles. The van der Waals surface area contributed by atoms with Crippen LogP contribution >= 0.6 is 15.9 Å². The molecular formula is C15H23BrN2O. The van der Waals surface area contributed by atoms with E-state index in [1.807, 2.05) is 12.1 Å². The molecule has 3 nitrogen and oxygen atoms in total. The van der Waals surface area contributed by atoms with Crippen molar-refractivity contribution in [3.05, 3.63) is 28.2 Å². The molecule has 1 aliphatic rings. The van der Waals surface area contributed by atoms with Gasteiger partial charge in [0.15, 0.2) is 0 Å². The molecule has 19 heavy (non-hydrogen) atoms. The molecule has 106 valence electrons. The van der Waals surface area contributed by atoms with Crippen molar-refractivity contribution in [2.24, 2.45) is 0 Å². The summed E-state index contributed by atoms with van der Waals surface area (Å²) in [6, 6.07) is 6.86. The Morgan fingerprint density at radius 2 is 2.32 bits per heavy atom. The maximum atomic E-state index is 5.45. The van der Waals surface area contributed by atoms with Gasteiger partial charge in [-0.25, -0.2) is 0 Å². The van der Waals surface area contributed by atoms with Gasteiger partial charge in [-0.1, -0.05) is 22.9 Å². The maximum Gasteiger partial charge on any atom is 0.123 e. The minimum absolute atomic E-state index is 0.651. The number of ether oxygens (including phenoxy) is 1. The predicted molar refractivity (Wildman–Crippen MR) is 82.7 cm³/mol. The van der Waals surface area contributed by atoms with Gasteiger partial charge in [0.2, 0.25) is 0 Å². The molecule has 1 N–H and O–H groups in total. The summed E-state index contributed by atoms with van der Waals surface area (Å²) < 4.78 is 6.56. The summed E-state index contributed by atoms with van der Waals surface area (Å²) in [7, 11) is 1.74. The molecular weight excluding hydrogens is 304 g/mol. The molecule has 1 saturated heterocycles. The molecule has 0 spiro atoms. The van der Waals surface area contributed by atoms with Gasteiger partial charge in [0.05, 0.1) is 7.11 Å². The lowest BCUT2D eigenvalue weighted by Crippen LogP contribution is -2.37. The molecule has 1 fully saturated rings. The van der Waals surface area contributed by atoms with Crippen LogP contribution in [0.1, 0.15) is 25.3 Å². The fourth-order valence-electron chi connectivity index (χ4n) is 2.64. The van der Waals surface area contributed by atoms with Crippen molar-refractivity contribution in [2.45, 2.75) is 32.4 Å². The van der Waals surface area contributed by atoms with Gasteiger partial charge in [-0.3, -0.25) is 4.90 Å². The highest BCUT2D eigenvalue weighted by Crippen LogP contribution is 2.24. The van der Waals surface area contributed by atoms with Crippen LogP contribution < -0.4 is 10.1 Å². The minimum Gasteiger partial charge on any atom is -0.496 e. The van der Waals surface area contributed by atoms with Gasteiger partial charge in [-0.05, 0) is 44.1 Å². The number of methoxy groups -OCH3 is 1. The first-order valence-electron chi connectivity index (χ1n) is 7.01. The summed E-state index contributed by atoms with van der Waals surface area (Å²) in [6.45, 7) is 6.51. The number of hydrogen-bond donors (Lipinski definition) is 1. The quantitative estimate of drug-likeness (QED) is 0.869. The zero-order valence-electron chi connectivity index (χ0n) is 11.8. The molecule has 0 amide bonds. The van der Waals surface area contributed by atoms with Gasteiger partial charge in [-0.2, -0.15) is 0 Å². The second-order valence-corrected chi connectivity index (χ2v) is 5.99. The molecule has 0 bridgehead atoms. The highest BCUT2D eigenvalue weighted by molar-refractivity contribution is 9.10. The van der Waals surface area contributed by atoms with E-state index in [0.717, 1.165) is 29.9 Å². The summed E-state index contributed by atoms with van der Waals surface area (Å²) in [4.78, 5) is 2.48. The van der Waals surface area contributed by atoms with Crippen molar-refractivity contribution in [1.29, 1.82) is 0 Å². The van der Waals surface area contributed by atoms with Gasteiger partial charge < -0.3 is 10.1 Å². The number of nitrogens with one attached hydrogen (secondary N) is 1. The Hall–Kier alpha value is -0.580. The number of likely N-dealkylation sites (N-methyl/N-ethyl adjacent to an activating group) is 1. The van der Waals surface area contributed by atoms with Crippen LogP contribution in [0.25, 0.3) is 0 Å². The Morgan fingerprint density at radius 3 is 2.95 bits per heavy atom. The minimum atomic E-state index is 0.651. The van der Waals surface area contributed by atoms with Gasteiger partial charge in [-0.15, -0.1) is 0 Å². The number of hydrogen-bond acceptors (Lipinski definition) is 3. The van der Waals surface area contributed by atoms with E-state index in [0.29, 0.717) is 6.04 Å². The molecule has 0 radical (unpaired) electrons. The second-order valence-electron chi connectivity index (χ2n) is 5.08. The predicted octanol–water partition coefficient (Wildman–Crippen LogP) is 3.03. The lowest BCUT2D eigenvalue weighted by Gasteiger charge is -2.25. The Balaban J connectivity index is 2.02. The number of nitrogens with zero attached hydrogens (tertiary/aromatic N) is 1. The summed E-state index contributed by atoms with van der Waals surface area (Å²) in [6.07, 6.45) is 2.61. The lowest BCUT2D eigenvalue weighted by atomic mass is 10.1. The second kappa shape index (κ2) is 7.27. The lowest BCUT2D eigenvalue weighted by molar-refractivity contribution is 0.249. The van der Waals surface area contributed by atoms with Crippen molar-refractivity contribution in [2.75, 3.05) is 26.7 Å². The van der Waals surface area contributed by atoms with Crippen LogP contribution in [0.15, 0.2) is 22.7 Å². The van der Waals surface area contributed by atoms with Crippen molar-refractivity contribution >= 4 is 15.9 Å². The number of rotatable bonds is 6. The van der Waals surface area contributed by atoms with E-state index in [1.165, 1.54) is 24.9 Å². The maximum absolute atomic E-state index is 5.45. The number of halogens is 1. The Kier molecular flexibility index (Phi) is 5.67. The van der Waals surface area contributed by atoms with Crippen LogP contribution in [-0.2, 0) is 6.54 Å². The summed E-state index contributed by atoms with van der Waals surface area (Å²) in [5, 5.41) is 3.56. The Morgan fingerprint density at radius 1 is 1.47 bits per heavy atom. The SMILES string of the molecule is CCN(Cc1cc(Br)ccc1OC)CC1CCCN1. The van der Waals surface area contributed by atoms with Crippen LogP contribution in [0.3, 0.4) is 0 Å². The van der Waals surface area contributed by atoms with Crippen LogP contribution in [0.2, 0.25) is 0 Å². The molecule has 1 aliphatic heterocycles. The van der Waals surface area contributed by atoms with Crippen molar-refractivity contribution in [3.8, 4) is 5.75 Å². The molecule has 0 saturated carbocycles. The van der Waals surface area contributed by atoms with E-state index >= 15 is 0 Å². The van der Waals surface area contributed by atoms with E-state index < -0.39 is 0 Å². The molecule has 1 atom stereocenters. The van der Waals surface area contributed by atoms with Gasteiger partial charge >= 0.3 is 0 Å². The van der Waals surface area contributed by atoms with E-state index in [4.69, 9.17) is 4.74 Å². The first kappa shape index (κ1) is 14.8. The molecule has 1 aromatic rings. The highest BCUT2D eigenvalue weighted by atomic mass is 79.9. The largest absolute Gasteiger partial charge is 0.496 e. The highest BCUT2D eigenvalue weighted by Gasteiger charge is 2.18. The van der Waals surface area contributed by atoms with Crippen LogP contribution in [0.5, 0.6) is 5.75 Å². The van der Waals surface area contributed by atoms with Gasteiger partial charge in [0, 0.05) is 29.2 Å². The van der Waals surface area contributed by atoms with Crippen LogP contribution in [0.4, 0.5) is 0 Å². The van der Waals surface area contributed by atoms with Crippen molar-refractivity contribution < 1.29 is 4.74 Å². The third-order valence-electron chi connectivity index (χ3n) is 3.72. The normalized spacial score (nSPS) is 19.1. The first-order valence-corrected chi connectivity index (χ1v) is 7.80. The molecule has 4 heteroatoms. The van der Waals surface area contributed by atoms with Gasteiger partial charge in [0.25, 0.3) is 0 Å². The Labute approximate surface area is 124 Å². The van der Waals surface area contributed by atoms with E-state index in [9.17, 15) is 0 Å². The topological polar surface area (TPSA) is 24.5 Å². The molecule has 2 rings (SSSR count). The fraction of sp³-hybridized carbons (Fsp3) is 0.600. The molecule has 1 unspecified atom stereocenters. The zero-order chi connectivity index (χ0) is 13.7. The summed E-state index contributed by atoms with van der Waals surface area (Å²) in [5.74, 6) is 0.973. The monoisotopic (exact) mass is 326 g/mol. The molecule has 0 aromatic heterocycles. The third kappa shape index (κ3) is 4.20. The van der Waals surface area contributed by atoms with Crippen LogP contribution in [0, 0.1) is 0 Å². The number of benzene rings is 1. The zero-order valence-corrected chi connectivity index (χ0v) is 13.4. The van der Waals surface area contributed by atoms with Crippen molar-refractivity contribution in [3.63, 3.8) is 0 Å². The van der Waals surface area contributed by atoms with Gasteiger partial charge in [0.1, 0.15) is 5.75 Å². The van der Waals surface area contributed by atoms with E-state index in [1.54, 1.807) is 7.11 Å². The molecule has 0 aliphatic carbocycles. The van der Waals surface area contributed by atoms with Crippen molar-refractivity contribution in [1.82, 2.24) is 10.2 Å². The first-order chi connectivity index (χ1) is 9.22. The van der Waals surface area contributed by atoms with Crippen LogP contribution in [-0.4, -0.2) is 37.7 Å². The third-order valence-corrected chi connectivity index (χ3v) is 4.22.